The van der Waals surface area contributed by atoms with Gasteiger partial charge in [-0.15, -0.1) is 0 Å². The van der Waals surface area contributed by atoms with Crippen LogP contribution in [0, 0.1) is 0 Å². The normalized spacial score (nSPS) is 16.2. The number of carbonyl (C=O) groups excluding carboxylic acids is 2. The lowest BCUT2D eigenvalue weighted by Gasteiger charge is -2.31. The van der Waals surface area contributed by atoms with Crippen molar-refractivity contribution in [2.45, 2.75) is 4.90 Å². The molecule has 9 heteroatoms. The lowest BCUT2D eigenvalue weighted by molar-refractivity contribution is -0.895. The summed E-state index contributed by atoms with van der Waals surface area (Å²) in [7, 11) is -2.14. The fourth-order valence-electron chi connectivity index (χ4n) is 3.16. The number of benzene rings is 2. The number of quaternary nitrogens is 1. The van der Waals surface area contributed by atoms with Crippen LogP contribution < -0.4 is 15.5 Å². The fraction of sp³-hybridized carbons (Fsp3) is 0.333. The third kappa shape index (κ3) is 4.44. The zero-order valence-electron chi connectivity index (χ0n) is 15.1. The predicted octanol–water partition coefficient (Wildman–Crippen LogP) is -0.815. The van der Waals surface area contributed by atoms with Crippen molar-refractivity contribution in [1.82, 2.24) is 14.9 Å². The first-order valence-electron chi connectivity index (χ1n) is 8.74. The molecule has 3 amide bonds. The second kappa shape index (κ2) is 8.03. The van der Waals surface area contributed by atoms with Gasteiger partial charge in [0.05, 0.1) is 31.1 Å². The van der Waals surface area contributed by atoms with Crippen molar-refractivity contribution < 1.29 is 22.9 Å². The molecule has 0 aliphatic carbocycles. The number of fused-ring (bicyclic) bond motifs is 1. The molecule has 1 saturated heterocycles. The van der Waals surface area contributed by atoms with E-state index in [1.807, 2.05) is 30.3 Å². The van der Waals surface area contributed by atoms with Crippen LogP contribution >= 0.6 is 0 Å². The molecule has 144 valence electrons. The first-order chi connectivity index (χ1) is 12.9. The molecule has 3 rings (SSSR count). The van der Waals surface area contributed by atoms with E-state index in [9.17, 15) is 18.0 Å². The van der Waals surface area contributed by atoms with Gasteiger partial charge in [0.25, 0.3) is 5.91 Å². The maximum atomic E-state index is 12.9. The Morgan fingerprint density at radius 3 is 2.41 bits per heavy atom. The highest BCUT2D eigenvalue weighted by Gasteiger charge is 2.31. The van der Waals surface area contributed by atoms with Crippen LogP contribution in [0.15, 0.2) is 47.4 Å². The first-order valence-corrected chi connectivity index (χ1v) is 10.2. The first kappa shape index (κ1) is 19.3. The van der Waals surface area contributed by atoms with E-state index in [1.165, 1.54) is 11.4 Å². The van der Waals surface area contributed by atoms with E-state index in [2.05, 4.69) is 10.6 Å². The monoisotopic (exact) mass is 391 g/mol. The molecule has 3 N–H and O–H groups in total. The molecule has 0 saturated carbocycles. The van der Waals surface area contributed by atoms with Crippen molar-refractivity contribution >= 4 is 32.7 Å². The Morgan fingerprint density at radius 2 is 1.74 bits per heavy atom. The number of hydrogen-bond acceptors (Lipinski definition) is 4. The maximum absolute atomic E-state index is 12.9. The Kier molecular flexibility index (Phi) is 5.73. The standard InChI is InChI=1S/C18H22N4O4S/c1-19-18(24)20-17(23)13-21-8-10-22(11-9-21)27(25,26)16-7-6-14-4-2-3-5-15(14)12-16/h2-7,12H,8-11,13H2,1H3,(H2,19,20,23,24)/p+1. The van der Waals surface area contributed by atoms with Gasteiger partial charge in [-0.1, -0.05) is 30.3 Å². The molecular formula is C18H23N4O4S+. The highest BCUT2D eigenvalue weighted by molar-refractivity contribution is 7.89. The minimum Gasteiger partial charge on any atom is -0.341 e. The van der Waals surface area contributed by atoms with E-state index in [0.29, 0.717) is 26.2 Å². The topological polar surface area (TPSA) is 100 Å². The summed E-state index contributed by atoms with van der Waals surface area (Å²) >= 11 is 0. The number of amides is 3. The Morgan fingerprint density at radius 1 is 1.07 bits per heavy atom. The van der Waals surface area contributed by atoms with E-state index >= 15 is 0 Å². The molecule has 2 aromatic carbocycles. The van der Waals surface area contributed by atoms with E-state index in [1.54, 1.807) is 12.1 Å². The highest BCUT2D eigenvalue weighted by atomic mass is 32.2. The number of nitrogens with zero attached hydrogens (tertiary/aromatic N) is 1. The summed E-state index contributed by atoms with van der Waals surface area (Å²) in [6, 6.07) is 12.2. The molecule has 8 nitrogen and oxygen atoms in total. The molecular weight excluding hydrogens is 368 g/mol. The molecule has 27 heavy (non-hydrogen) atoms. The fourth-order valence-corrected chi connectivity index (χ4v) is 4.63. The van der Waals surface area contributed by atoms with Gasteiger partial charge in [-0.25, -0.2) is 13.2 Å². The average molecular weight is 391 g/mol. The maximum Gasteiger partial charge on any atom is 0.321 e. The van der Waals surface area contributed by atoms with Crippen molar-refractivity contribution in [3.05, 3.63) is 42.5 Å². The summed E-state index contributed by atoms with van der Waals surface area (Å²) in [6.45, 7) is 1.81. The van der Waals surface area contributed by atoms with Gasteiger partial charge in [0.1, 0.15) is 0 Å². The van der Waals surface area contributed by atoms with E-state index < -0.39 is 16.1 Å². The van der Waals surface area contributed by atoms with Gasteiger partial charge in [-0.3, -0.25) is 10.1 Å². The minimum absolute atomic E-state index is 0.136. The van der Waals surface area contributed by atoms with Crippen LogP contribution in [0.3, 0.4) is 0 Å². The number of urea groups is 1. The molecule has 1 heterocycles. The van der Waals surface area contributed by atoms with Crippen LogP contribution in [0.1, 0.15) is 0 Å². The molecule has 0 aromatic heterocycles. The molecule has 0 radical (unpaired) electrons. The summed E-state index contributed by atoms with van der Waals surface area (Å²) in [6.07, 6.45) is 0. The summed E-state index contributed by atoms with van der Waals surface area (Å²) in [5, 5.41) is 6.42. The number of piperazine rings is 1. The van der Waals surface area contributed by atoms with Crippen LogP contribution in [-0.4, -0.2) is 64.4 Å². The molecule has 1 aliphatic heterocycles. The number of imide groups is 1. The number of carbonyl (C=O) groups is 2. The van der Waals surface area contributed by atoms with Crippen molar-refractivity contribution in [2.24, 2.45) is 0 Å². The van der Waals surface area contributed by atoms with Gasteiger partial charge in [0, 0.05) is 7.05 Å². The highest BCUT2D eigenvalue weighted by Crippen LogP contribution is 2.21. The van der Waals surface area contributed by atoms with Crippen LogP contribution in [0.4, 0.5) is 4.79 Å². The number of sulfonamides is 1. The van der Waals surface area contributed by atoms with Crippen molar-refractivity contribution in [1.29, 1.82) is 0 Å². The van der Waals surface area contributed by atoms with Crippen LogP contribution in [0.2, 0.25) is 0 Å². The van der Waals surface area contributed by atoms with Gasteiger partial charge >= 0.3 is 6.03 Å². The van der Waals surface area contributed by atoms with Gasteiger partial charge in [0.2, 0.25) is 10.0 Å². The van der Waals surface area contributed by atoms with E-state index in [4.69, 9.17) is 0 Å². The summed E-state index contributed by atoms with van der Waals surface area (Å²) in [4.78, 5) is 24.2. The molecule has 2 aromatic rings. The van der Waals surface area contributed by atoms with Crippen molar-refractivity contribution in [2.75, 3.05) is 39.8 Å². The van der Waals surface area contributed by atoms with Gasteiger partial charge < -0.3 is 10.2 Å². The lowest BCUT2D eigenvalue weighted by Crippen LogP contribution is -3.15. The van der Waals surface area contributed by atoms with Crippen molar-refractivity contribution in [3.63, 3.8) is 0 Å². The third-order valence-corrected chi connectivity index (χ3v) is 6.57. The van der Waals surface area contributed by atoms with Gasteiger partial charge in [-0.2, -0.15) is 4.31 Å². The predicted molar refractivity (Wildman–Crippen MR) is 101 cm³/mol. The second-order valence-electron chi connectivity index (χ2n) is 6.47. The number of nitrogens with one attached hydrogen (secondary N) is 3. The SMILES string of the molecule is CNC(=O)NC(=O)C[NH+]1CCN(S(=O)(=O)c2ccc3ccccc3c2)CC1. The Balaban J connectivity index is 1.64. The molecule has 0 bridgehead atoms. The van der Waals surface area contributed by atoms with Crippen LogP contribution in [0.25, 0.3) is 10.8 Å². The zero-order chi connectivity index (χ0) is 19.4. The molecule has 0 unspecified atom stereocenters. The lowest BCUT2D eigenvalue weighted by atomic mass is 10.1. The molecule has 1 aliphatic rings. The summed E-state index contributed by atoms with van der Waals surface area (Å²) in [5.74, 6) is -0.379. The number of hydrogen-bond donors (Lipinski definition) is 3. The molecule has 1 fully saturated rings. The van der Waals surface area contributed by atoms with Gasteiger partial charge in [-0.05, 0) is 22.9 Å². The Labute approximate surface area is 158 Å². The Bertz CT molecular complexity index is 953. The van der Waals surface area contributed by atoms with E-state index in [-0.39, 0.29) is 17.3 Å². The third-order valence-electron chi connectivity index (χ3n) is 4.68. The molecule has 0 spiro atoms. The van der Waals surface area contributed by atoms with E-state index in [0.717, 1.165) is 15.7 Å². The Hall–Kier alpha value is -2.49. The van der Waals surface area contributed by atoms with Crippen LogP contribution in [-0.2, 0) is 14.8 Å². The summed E-state index contributed by atoms with van der Waals surface area (Å²) in [5.41, 5.74) is 0. The smallest absolute Gasteiger partial charge is 0.321 e. The van der Waals surface area contributed by atoms with Crippen molar-refractivity contribution in [3.8, 4) is 0 Å². The second-order valence-corrected chi connectivity index (χ2v) is 8.41. The minimum atomic E-state index is -3.57. The van der Waals surface area contributed by atoms with Gasteiger partial charge in [0.15, 0.2) is 6.54 Å². The quantitative estimate of drug-likeness (QED) is 0.634. The van der Waals surface area contributed by atoms with Crippen LogP contribution in [0.5, 0.6) is 0 Å². The largest absolute Gasteiger partial charge is 0.341 e. The average Bonchev–Trinajstić information content (AvgIpc) is 2.67. The molecule has 0 atom stereocenters. The summed E-state index contributed by atoms with van der Waals surface area (Å²) < 4.78 is 27.3. The zero-order valence-corrected chi connectivity index (χ0v) is 15.9. The number of rotatable bonds is 4.